The summed E-state index contributed by atoms with van der Waals surface area (Å²) in [4.78, 5) is 17.6. The maximum absolute atomic E-state index is 13.0. The minimum absolute atomic E-state index is 0.175. The number of carbonyl (C=O) groups is 1. The summed E-state index contributed by atoms with van der Waals surface area (Å²) in [6.07, 6.45) is 0. The molecular weight excluding hydrogens is 392 g/mol. The molecular formula is C20H22N4O4S. The Morgan fingerprint density at radius 2 is 2.10 bits per heavy atom. The van der Waals surface area contributed by atoms with Crippen molar-refractivity contribution in [2.45, 2.75) is 6.54 Å². The molecule has 0 bridgehead atoms. The number of aromatic nitrogens is 2. The number of morpholine rings is 1. The van der Waals surface area contributed by atoms with Crippen molar-refractivity contribution in [3.05, 3.63) is 47.2 Å². The Labute approximate surface area is 172 Å². The van der Waals surface area contributed by atoms with Crippen molar-refractivity contribution in [3.63, 3.8) is 0 Å². The average molecular weight is 414 g/mol. The molecule has 4 rings (SSSR count). The van der Waals surface area contributed by atoms with Crippen LogP contribution in [-0.2, 0) is 11.3 Å². The van der Waals surface area contributed by atoms with Crippen LogP contribution < -0.4 is 9.64 Å². The van der Waals surface area contributed by atoms with E-state index in [-0.39, 0.29) is 12.5 Å². The SMILES string of the molecule is COc1cc(N2CCOCC2)ccc1C(=O)N(C)Cc1nnc(-c2cccs2)o1. The molecule has 0 radical (unpaired) electrons. The Kier molecular flexibility index (Phi) is 5.77. The Hall–Kier alpha value is -2.91. The van der Waals surface area contributed by atoms with Gasteiger partial charge in [-0.3, -0.25) is 4.79 Å². The maximum atomic E-state index is 13.0. The maximum Gasteiger partial charge on any atom is 0.257 e. The molecule has 1 aromatic carbocycles. The van der Waals surface area contributed by atoms with Crippen LogP contribution in [-0.4, -0.2) is 61.5 Å². The fourth-order valence-corrected chi connectivity index (χ4v) is 3.82. The molecule has 1 aliphatic rings. The fourth-order valence-electron chi connectivity index (χ4n) is 3.17. The van der Waals surface area contributed by atoms with Gasteiger partial charge in [0, 0.05) is 31.9 Å². The van der Waals surface area contributed by atoms with Crippen LogP contribution in [0.15, 0.2) is 40.1 Å². The first-order valence-electron chi connectivity index (χ1n) is 9.28. The smallest absolute Gasteiger partial charge is 0.257 e. The number of hydrogen-bond donors (Lipinski definition) is 0. The van der Waals surface area contributed by atoms with Gasteiger partial charge >= 0.3 is 0 Å². The van der Waals surface area contributed by atoms with Gasteiger partial charge in [-0.05, 0) is 23.6 Å². The quantitative estimate of drug-likeness (QED) is 0.613. The number of carbonyl (C=O) groups excluding carboxylic acids is 1. The molecule has 3 heterocycles. The van der Waals surface area contributed by atoms with Crippen molar-refractivity contribution in [3.8, 4) is 16.5 Å². The Balaban J connectivity index is 1.48. The third kappa shape index (κ3) is 4.25. The number of benzene rings is 1. The van der Waals surface area contributed by atoms with E-state index in [1.807, 2.05) is 29.6 Å². The highest BCUT2D eigenvalue weighted by Gasteiger charge is 2.21. The van der Waals surface area contributed by atoms with E-state index in [1.54, 1.807) is 20.2 Å². The summed E-state index contributed by atoms with van der Waals surface area (Å²) in [6.45, 7) is 3.25. The minimum Gasteiger partial charge on any atom is -0.496 e. The molecule has 9 heteroatoms. The van der Waals surface area contributed by atoms with E-state index in [1.165, 1.54) is 16.2 Å². The highest BCUT2D eigenvalue weighted by Crippen LogP contribution is 2.28. The first-order valence-corrected chi connectivity index (χ1v) is 10.2. The first-order chi connectivity index (χ1) is 14.2. The van der Waals surface area contributed by atoms with Gasteiger partial charge in [-0.25, -0.2) is 0 Å². The highest BCUT2D eigenvalue weighted by atomic mass is 32.1. The first kappa shape index (κ1) is 19.4. The molecule has 8 nitrogen and oxygen atoms in total. The van der Waals surface area contributed by atoms with E-state index in [2.05, 4.69) is 15.1 Å². The van der Waals surface area contributed by atoms with E-state index in [0.717, 1.165) is 23.7 Å². The van der Waals surface area contributed by atoms with Crippen LogP contribution in [0.4, 0.5) is 5.69 Å². The Bertz CT molecular complexity index is 967. The second-order valence-electron chi connectivity index (χ2n) is 6.62. The molecule has 0 unspecified atom stereocenters. The van der Waals surface area contributed by atoms with Crippen molar-refractivity contribution in [1.82, 2.24) is 15.1 Å². The van der Waals surface area contributed by atoms with Crippen LogP contribution in [0, 0.1) is 0 Å². The van der Waals surface area contributed by atoms with Crippen molar-refractivity contribution < 1.29 is 18.7 Å². The number of thiophene rings is 1. The Morgan fingerprint density at radius 3 is 2.83 bits per heavy atom. The standard InChI is InChI=1S/C20H22N4O4S/c1-23(13-18-21-22-19(28-18)17-4-3-11-29-17)20(25)15-6-5-14(12-16(15)26-2)24-7-9-27-10-8-24/h3-6,11-12H,7-10,13H2,1-2H3. The van der Waals surface area contributed by atoms with Gasteiger partial charge in [-0.2, -0.15) is 0 Å². The monoisotopic (exact) mass is 414 g/mol. The zero-order chi connectivity index (χ0) is 20.2. The summed E-state index contributed by atoms with van der Waals surface area (Å²) in [5.74, 6) is 1.21. The molecule has 1 fully saturated rings. The lowest BCUT2D eigenvalue weighted by Crippen LogP contribution is -2.36. The normalized spacial score (nSPS) is 14.1. The summed E-state index contributed by atoms with van der Waals surface area (Å²) in [5, 5.41) is 10.1. The number of amides is 1. The number of methoxy groups -OCH3 is 1. The third-order valence-corrected chi connectivity index (χ3v) is 5.57. The van der Waals surface area contributed by atoms with Crippen molar-refractivity contribution in [2.24, 2.45) is 0 Å². The van der Waals surface area contributed by atoms with Gasteiger partial charge in [0.05, 0.1) is 37.3 Å². The predicted octanol–water partition coefficient (Wildman–Crippen LogP) is 2.92. The number of rotatable bonds is 6. The highest BCUT2D eigenvalue weighted by molar-refractivity contribution is 7.13. The number of ether oxygens (including phenoxy) is 2. The van der Waals surface area contributed by atoms with Gasteiger partial charge < -0.3 is 23.7 Å². The molecule has 0 saturated carbocycles. The molecule has 0 aliphatic carbocycles. The lowest BCUT2D eigenvalue weighted by Gasteiger charge is -2.29. The van der Waals surface area contributed by atoms with E-state index in [9.17, 15) is 4.79 Å². The lowest BCUT2D eigenvalue weighted by molar-refractivity contribution is 0.0769. The van der Waals surface area contributed by atoms with Gasteiger partial charge in [-0.15, -0.1) is 21.5 Å². The molecule has 1 amide bonds. The summed E-state index contributed by atoms with van der Waals surface area (Å²) in [6, 6.07) is 9.47. The van der Waals surface area contributed by atoms with Crippen molar-refractivity contribution in [1.29, 1.82) is 0 Å². The zero-order valence-electron chi connectivity index (χ0n) is 16.3. The summed E-state index contributed by atoms with van der Waals surface area (Å²) in [7, 11) is 3.27. The second kappa shape index (κ2) is 8.62. The van der Waals surface area contributed by atoms with Crippen LogP contribution in [0.2, 0.25) is 0 Å². The summed E-state index contributed by atoms with van der Waals surface area (Å²) in [5.41, 5.74) is 1.51. The Morgan fingerprint density at radius 1 is 1.28 bits per heavy atom. The zero-order valence-corrected chi connectivity index (χ0v) is 17.1. The second-order valence-corrected chi connectivity index (χ2v) is 7.57. The van der Waals surface area contributed by atoms with E-state index >= 15 is 0 Å². The number of nitrogens with zero attached hydrogens (tertiary/aromatic N) is 4. The average Bonchev–Trinajstić information content (AvgIpc) is 3.45. The van der Waals surface area contributed by atoms with E-state index < -0.39 is 0 Å². The molecule has 2 aromatic heterocycles. The number of anilines is 1. The van der Waals surface area contributed by atoms with Gasteiger partial charge in [-0.1, -0.05) is 6.07 Å². The van der Waals surface area contributed by atoms with Crippen LogP contribution >= 0.6 is 11.3 Å². The van der Waals surface area contributed by atoms with E-state index in [4.69, 9.17) is 13.9 Å². The van der Waals surface area contributed by atoms with Crippen LogP contribution in [0.3, 0.4) is 0 Å². The molecule has 3 aromatic rings. The minimum atomic E-state index is -0.175. The molecule has 1 saturated heterocycles. The van der Waals surface area contributed by atoms with Gasteiger partial charge in [0.1, 0.15) is 5.75 Å². The van der Waals surface area contributed by atoms with Gasteiger partial charge in [0.2, 0.25) is 5.89 Å². The topological polar surface area (TPSA) is 80.9 Å². The number of hydrogen-bond acceptors (Lipinski definition) is 8. The van der Waals surface area contributed by atoms with Crippen LogP contribution in [0.25, 0.3) is 10.8 Å². The molecule has 152 valence electrons. The van der Waals surface area contributed by atoms with Crippen LogP contribution in [0.1, 0.15) is 16.2 Å². The largest absolute Gasteiger partial charge is 0.496 e. The fraction of sp³-hybridized carbons (Fsp3) is 0.350. The predicted molar refractivity (Wildman–Crippen MR) is 109 cm³/mol. The third-order valence-electron chi connectivity index (χ3n) is 4.71. The molecule has 0 N–H and O–H groups in total. The molecule has 1 aliphatic heterocycles. The van der Waals surface area contributed by atoms with Gasteiger partial charge in [0.25, 0.3) is 11.8 Å². The van der Waals surface area contributed by atoms with E-state index in [0.29, 0.717) is 36.3 Å². The van der Waals surface area contributed by atoms with Crippen molar-refractivity contribution in [2.75, 3.05) is 45.4 Å². The van der Waals surface area contributed by atoms with Crippen LogP contribution in [0.5, 0.6) is 5.75 Å². The van der Waals surface area contributed by atoms with Crippen molar-refractivity contribution >= 4 is 22.9 Å². The lowest BCUT2D eigenvalue weighted by atomic mass is 10.1. The van der Waals surface area contributed by atoms with Gasteiger partial charge in [0.15, 0.2) is 0 Å². The summed E-state index contributed by atoms with van der Waals surface area (Å²) >= 11 is 1.52. The molecule has 0 atom stereocenters. The molecule has 0 spiro atoms. The summed E-state index contributed by atoms with van der Waals surface area (Å²) < 4.78 is 16.6. The molecule has 29 heavy (non-hydrogen) atoms.